The second kappa shape index (κ2) is 8.75. The number of carbonyl (C=O) groups excluding carboxylic acids is 1. The lowest BCUT2D eigenvalue weighted by Crippen LogP contribution is -2.16. The topological polar surface area (TPSA) is 76.1 Å². The first-order valence-corrected chi connectivity index (χ1v) is 8.38. The number of hydrogen-bond acceptors (Lipinski definition) is 5. The maximum Gasteiger partial charge on any atom is 0.230 e. The van der Waals surface area contributed by atoms with Crippen molar-refractivity contribution in [1.29, 1.82) is 0 Å². The summed E-state index contributed by atoms with van der Waals surface area (Å²) in [5.41, 5.74) is 1.32. The summed E-state index contributed by atoms with van der Waals surface area (Å²) >= 11 is 0. The van der Waals surface area contributed by atoms with Gasteiger partial charge in [-0.15, -0.1) is 10.2 Å². The van der Waals surface area contributed by atoms with Crippen LogP contribution in [0.2, 0.25) is 0 Å². The van der Waals surface area contributed by atoms with E-state index in [1.165, 1.54) is 6.07 Å². The quantitative estimate of drug-likeness (QED) is 0.670. The smallest absolute Gasteiger partial charge is 0.230 e. The second-order valence-electron chi connectivity index (χ2n) is 5.79. The summed E-state index contributed by atoms with van der Waals surface area (Å²) in [5, 5.41) is 13.8. The standard InChI is InChI=1S/C20H19FN4O2/c1-27-17-9-5-3-7-15(17)13-22-18-10-11-19(25-24-18)23-20(26)12-14-6-2-4-8-16(14)21/h2-11H,12-13H2,1H3,(H,22,24)(H,23,25,26). The Balaban J connectivity index is 1.55. The first-order valence-electron chi connectivity index (χ1n) is 8.38. The van der Waals surface area contributed by atoms with E-state index in [0.717, 1.165) is 11.3 Å². The van der Waals surface area contributed by atoms with Gasteiger partial charge in [-0.3, -0.25) is 4.79 Å². The maximum atomic E-state index is 13.6. The molecule has 138 valence electrons. The third-order valence-corrected chi connectivity index (χ3v) is 3.89. The fourth-order valence-electron chi connectivity index (χ4n) is 2.53. The highest BCUT2D eigenvalue weighted by molar-refractivity contribution is 5.91. The number of anilines is 2. The Hall–Kier alpha value is -3.48. The second-order valence-corrected chi connectivity index (χ2v) is 5.79. The number of nitrogens with one attached hydrogen (secondary N) is 2. The third-order valence-electron chi connectivity index (χ3n) is 3.89. The van der Waals surface area contributed by atoms with Crippen LogP contribution in [0, 0.1) is 5.82 Å². The molecule has 2 N–H and O–H groups in total. The normalized spacial score (nSPS) is 10.3. The zero-order valence-electron chi connectivity index (χ0n) is 14.8. The fraction of sp³-hybridized carbons (Fsp3) is 0.150. The van der Waals surface area contributed by atoms with Crippen molar-refractivity contribution in [3.63, 3.8) is 0 Å². The number of hydrogen-bond donors (Lipinski definition) is 2. The van der Waals surface area contributed by atoms with Gasteiger partial charge >= 0.3 is 0 Å². The lowest BCUT2D eigenvalue weighted by molar-refractivity contribution is -0.115. The average Bonchev–Trinajstić information content (AvgIpc) is 2.69. The van der Waals surface area contributed by atoms with Crippen LogP contribution in [0.3, 0.4) is 0 Å². The van der Waals surface area contributed by atoms with E-state index in [-0.39, 0.29) is 12.3 Å². The van der Waals surface area contributed by atoms with Gasteiger partial charge < -0.3 is 15.4 Å². The van der Waals surface area contributed by atoms with Gasteiger partial charge in [-0.25, -0.2) is 4.39 Å². The van der Waals surface area contributed by atoms with Crippen molar-refractivity contribution >= 4 is 17.5 Å². The van der Waals surface area contributed by atoms with Crippen molar-refractivity contribution in [1.82, 2.24) is 10.2 Å². The highest BCUT2D eigenvalue weighted by Gasteiger charge is 2.09. The number of rotatable bonds is 7. The van der Waals surface area contributed by atoms with Crippen molar-refractivity contribution < 1.29 is 13.9 Å². The predicted octanol–water partition coefficient (Wildman–Crippen LogP) is 3.42. The molecule has 0 aliphatic carbocycles. The molecule has 0 unspecified atom stereocenters. The lowest BCUT2D eigenvalue weighted by Gasteiger charge is -2.10. The van der Waals surface area contributed by atoms with Gasteiger partial charge in [-0.2, -0.15) is 0 Å². The average molecular weight is 366 g/mol. The minimum absolute atomic E-state index is 0.0673. The summed E-state index contributed by atoms with van der Waals surface area (Å²) in [6, 6.07) is 17.2. The molecule has 0 aliphatic rings. The van der Waals surface area contributed by atoms with Gasteiger partial charge in [0.25, 0.3) is 0 Å². The van der Waals surface area contributed by atoms with E-state index in [1.54, 1.807) is 37.4 Å². The molecule has 0 aliphatic heterocycles. The molecule has 1 amide bonds. The largest absolute Gasteiger partial charge is 0.496 e. The van der Waals surface area contributed by atoms with E-state index >= 15 is 0 Å². The van der Waals surface area contributed by atoms with Gasteiger partial charge in [0.15, 0.2) is 5.82 Å². The molecule has 1 heterocycles. The monoisotopic (exact) mass is 366 g/mol. The maximum absolute atomic E-state index is 13.6. The van der Waals surface area contributed by atoms with Gasteiger partial charge in [0.05, 0.1) is 13.5 Å². The molecule has 0 saturated heterocycles. The first-order chi connectivity index (χ1) is 13.2. The van der Waals surface area contributed by atoms with Crippen molar-refractivity contribution in [3.05, 3.63) is 77.6 Å². The minimum Gasteiger partial charge on any atom is -0.496 e. The zero-order chi connectivity index (χ0) is 19.1. The van der Waals surface area contributed by atoms with Gasteiger partial charge in [-0.05, 0) is 29.8 Å². The Morgan fingerprint density at radius 1 is 0.963 bits per heavy atom. The molecule has 3 rings (SSSR count). The number of amides is 1. The van der Waals surface area contributed by atoms with Crippen molar-refractivity contribution in [2.75, 3.05) is 17.7 Å². The molecule has 3 aromatic rings. The number of halogens is 1. The molecule has 1 aromatic heterocycles. The number of nitrogens with zero attached hydrogens (tertiary/aromatic N) is 2. The van der Waals surface area contributed by atoms with Crippen LogP contribution < -0.4 is 15.4 Å². The molecular weight excluding hydrogens is 347 g/mol. The number of benzene rings is 2. The third kappa shape index (κ3) is 5.01. The Morgan fingerprint density at radius 3 is 2.33 bits per heavy atom. The van der Waals surface area contributed by atoms with Crippen molar-refractivity contribution in [2.24, 2.45) is 0 Å². The molecular formula is C20H19FN4O2. The molecule has 27 heavy (non-hydrogen) atoms. The SMILES string of the molecule is COc1ccccc1CNc1ccc(NC(=O)Cc2ccccc2F)nn1. The Bertz CT molecular complexity index is 916. The summed E-state index contributed by atoms with van der Waals surface area (Å²) in [7, 11) is 1.62. The summed E-state index contributed by atoms with van der Waals surface area (Å²) in [5.74, 6) is 0.890. The summed E-state index contributed by atoms with van der Waals surface area (Å²) in [6.45, 7) is 0.525. The van der Waals surface area contributed by atoms with Gasteiger partial charge in [0, 0.05) is 12.1 Å². The van der Waals surface area contributed by atoms with Crippen molar-refractivity contribution in [2.45, 2.75) is 13.0 Å². The summed E-state index contributed by atoms with van der Waals surface area (Å²) in [6.07, 6.45) is -0.0673. The molecule has 0 radical (unpaired) electrons. The molecule has 6 nitrogen and oxygen atoms in total. The summed E-state index contributed by atoms with van der Waals surface area (Å²) in [4.78, 5) is 12.0. The Labute approximate surface area is 156 Å². The van der Waals surface area contributed by atoms with Crippen LogP contribution in [0.5, 0.6) is 5.75 Å². The number of methoxy groups -OCH3 is 1. The van der Waals surface area contributed by atoms with Crippen LogP contribution in [0.25, 0.3) is 0 Å². The molecule has 2 aromatic carbocycles. The van der Waals surface area contributed by atoms with Crippen LogP contribution in [-0.4, -0.2) is 23.2 Å². The van der Waals surface area contributed by atoms with Crippen LogP contribution in [0.4, 0.5) is 16.0 Å². The summed E-state index contributed by atoms with van der Waals surface area (Å²) < 4.78 is 18.9. The van der Waals surface area contributed by atoms with Gasteiger partial charge in [0.2, 0.25) is 5.91 Å². The van der Waals surface area contributed by atoms with Crippen molar-refractivity contribution in [3.8, 4) is 5.75 Å². The van der Waals surface area contributed by atoms with Crippen LogP contribution in [-0.2, 0) is 17.8 Å². The number of aromatic nitrogens is 2. The van der Waals surface area contributed by atoms with E-state index in [4.69, 9.17) is 4.74 Å². The predicted molar refractivity (Wildman–Crippen MR) is 101 cm³/mol. The molecule has 0 atom stereocenters. The van der Waals surface area contributed by atoms with Crippen LogP contribution in [0.15, 0.2) is 60.7 Å². The fourth-order valence-corrected chi connectivity index (χ4v) is 2.53. The van der Waals surface area contributed by atoms with Gasteiger partial charge in [0.1, 0.15) is 17.4 Å². The van der Waals surface area contributed by atoms with E-state index in [1.807, 2.05) is 24.3 Å². The molecule has 0 spiro atoms. The Morgan fingerprint density at radius 2 is 1.63 bits per heavy atom. The minimum atomic E-state index is -0.408. The Kier molecular flexibility index (Phi) is 5.94. The number of carbonyl (C=O) groups is 1. The highest BCUT2D eigenvalue weighted by atomic mass is 19.1. The van der Waals surface area contributed by atoms with Gasteiger partial charge in [-0.1, -0.05) is 36.4 Å². The van der Waals surface area contributed by atoms with E-state index < -0.39 is 5.82 Å². The highest BCUT2D eigenvalue weighted by Crippen LogP contribution is 2.18. The van der Waals surface area contributed by atoms with Crippen LogP contribution >= 0.6 is 0 Å². The van der Waals surface area contributed by atoms with E-state index in [2.05, 4.69) is 20.8 Å². The van der Waals surface area contributed by atoms with Crippen LogP contribution in [0.1, 0.15) is 11.1 Å². The molecule has 7 heteroatoms. The zero-order valence-corrected chi connectivity index (χ0v) is 14.8. The van der Waals surface area contributed by atoms with E-state index in [9.17, 15) is 9.18 Å². The molecule has 0 fully saturated rings. The van der Waals surface area contributed by atoms with E-state index in [0.29, 0.717) is 23.7 Å². The molecule has 0 saturated carbocycles. The lowest BCUT2D eigenvalue weighted by atomic mass is 10.1. The number of para-hydroxylation sites is 1. The molecule has 0 bridgehead atoms. The number of ether oxygens (including phenoxy) is 1. The first kappa shape index (κ1) is 18.3.